The van der Waals surface area contributed by atoms with Crippen molar-refractivity contribution in [3.05, 3.63) is 57.0 Å². The molecule has 1 aromatic carbocycles. The summed E-state index contributed by atoms with van der Waals surface area (Å²) in [4.78, 5) is 1.33. The van der Waals surface area contributed by atoms with Gasteiger partial charge in [0.2, 0.25) is 0 Å². The van der Waals surface area contributed by atoms with Crippen LogP contribution in [0.1, 0.15) is 34.5 Å². The molecule has 0 saturated heterocycles. The zero-order chi connectivity index (χ0) is 13.1. The van der Waals surface area contributed by atoms with Gasteiger partial charge in [0.15, 0.2) is 0 Å². The van der Waals surface area contributed by atoms with Crippen molar-refractivity contribution in [3.63, 3.8) is 0 Å². The van der Waals surface area contributed by atoms with E-state index in [9.17, 15) is 4.39 Å². The molecule has 1 aromatic heterocycles. The Morgan fingerprint density at radius 1 is 1.33 bits per heavy atom. The third-order valence-corrected chi connectivity index (χ3v) is 4.25. The lowest BCUT2D eigenvalue weighted by Gasteiger charge is -2.17. The van der Waals surface area contributed by atoms with E-state index in [2.05, 4.69) is 23.7 Å². The molecular formula is C15H18FNS. The molecule has 1 atom stereocenters. The zero-order valence-electron chi connectivity index (χ0n) is 11.0. The fourth-order valence-corrected chi connectivity index (χ4v) is 3.32. The Kier molecular flexibility index (Phi) is 4.15. The molecule has 0 aliphatic rings. The van der Waals surface area contributed by atoms with Crippen molar-refractivity contribution in [1.82, 2.24) is 5.32 Å². The van der Waals surface area contributed by atoms with Gasteiger partial charge in [-0.3, -0.25) is 0 Å². The van der Waals surface area contributed by atoms with Crippen LogP contribution in [0, 0.1) is 12.7 Å². The molecule has 2 aromatic rings. The van der Waals surface area contributed by atoms with Gasteiger partial charge in [0.05, 0.1) is 6.04 Å². The molecule has 0 aliphatic carbocycles. The van der Waals surface area contributed by atoms with Crippen molar-refractivity contribution in [2.75, 3.05) is 7.05 Å². The second-order valence-electron chi connectivity index (χ2n) is 4.39. The van der Waals surface area contributed by atoms with E-state index in [0.29, 0.717) is 5.56 Å². The monoisotopic (exact) mass is 263 g/mol. The first-order chi connectivity index (χ1) is 8.67. The number of rotatable bonds is 4. The number of nitrogens with one attached hydrogen (secondary N) is 1. The Labute approximate surface area is 112 Å². The van der Waals surface area contributed by atoms with Crippen molar-refractivity contribution >= 4 is 11.3 Å². The van der Waals surface area contributed by atoms with E-state index in [-0.39, 0.29) is 11.9 Å². The maximum atomic E-state index is 13.3. The molecule has 96 valence electrons. The smallest absolute Gasteiger partial charge is 0.126 e. The summed E-state index contributed by atoms with van der Waals surface area (Å²) in [6, 6.07) is 7.66. The van der Waals surface area contributed by atoms with E-state index < -0.39 is 0 Å². The highest BCUT2D eigenvalue weighted by molar-refractivity contribution is 7.10. The molecule has 18 heavy (non-hydrogen) atoms. The second kappa shape index (κ2) is 5.63. The predicted molar refractivity (Wildman–Crippen MR) is 75.7 cm³/mol. The van der Waals surface area contributed by atoms with Gasteiger partial charge in [-0.15, -0.1) is 11.3 Å². The first kappa shape index (κ1) is 13.2. The Hall–Kier alpha value is -1.19. The van der Waals surface area contributed by atoms with Crippen LogP contribution in [0.15, 0.2) is 29.6 Å². The van der Waals surface area contributed by atoms with E-state index in [0.717, 1.165) is 12.0 Å². The topological polar surface area (TPSA) is 12.0 Å². The van der Waals surface area contributed by atoms with Crippen molar-refractivity contribution in [2.24, 2.45) is 0 Å². The molecule has 0 spiro atoms. The second-order valence-corrected chi connectivity index (χ2v) is 5.34. The van der Waals surface area contributed by atoms with Crippen LogP contribution in [-0.2, 0) is 6.42 Å². The van der Waals surface area contributed by atoms with Gasteiger partial charge in [0, 0.05) is 4.88 Å². The van der Waals surface area contributed by atoms with Crippen molar-refractivity contribution in [2.45, 2.75) is 26.3 Å². The molecule has 0 bridgehead atoms. The maximum absolute atomic E-state index is 13.3. The van der Waals surface area contributed by atoms with E-state index in [4.69, 9.17) is 0 Å². The average Bonchev–Trinajstić information content (AvgIpc) is 2.83. The van der Waals surface area contributed by atoms with Gasteiger partial charge >= 0.3 is 0 Å². The molecule has 2 rings (SSSR count). The molecule has 3 heteroatoms. The number of hydrogen-bond acceptors (Lipinski definition) is 2. The summed E-state index contributed by atoms with van der Waals surface area (Å²) in [5.74, 6) is -0.143. The summed E-state index contributed by atoms with van der Waals surface area (Å²) < 4.78 is 13.3. The summed E-state index contributed by atoms with van der Waals surface area (Å²) in [7, 11) is 1.95. The van der Waals surface area contributed by atoms with Gasteiger partial charge < -0.3 is 5.32 Å². The summed E-state index contributed by atoms with van der Waals surface area (Å²) in [6.07, 6.45) is 1.02. The fourth-order valence-electron chi connectivity index (χ4n) is 2.19. The molecule has 0 radical (unpaired) electrons. The molecule has 1 unspecified atom stereocenters. The normalized spacial score (nSPS) is 12.7. The van der Waals surface area contributed by atoms with Gasteiger partial charge in [0.1, 0.15) is 5.82 Å². The van der Waals surface area contributed by atoms with E-state index in [1.165, 1.54) is 10.4 Å². The highest BCUT2D eigenvalue weighted by Crippen LogP contribution is 2.30. The maximum Gasteiger partial charge on any atom is 0.126 e. The SMILES string of the molecule is CCc1ccsc1C(NC)c1ccc(F)c(C)c1. The minimum Gasteiger partial charge on any atom is -0.309 e. The highest BCUT2D eigenvalue weighted by Gasteiger charge is 2.17. The number of benzene rings is 1. The Morgan fingerprint density at radius 3 is 2.72 bits per heavy atom. The van der Waals surface area contributed by atoms with E-state index in [1.54, 1.807) is 24.3 Å². The third kappa shape index (κ3) is 2.47. The van der Waals surface area contributed by atoms with Gasteiger partial charge in [-0.05, 0) is 54.6 Å². The molecular weight excluding hydrogens is 245 g/mol. The predicted octanol–water partition coefficient (Wildman–Crippen LogP) is 4.07. The zero-order valence-corrected chi connectivity index (χ0v) is 11.8. The standard InChI is InChI=1S/C15H18FNS/c1-4-11-7-8-18-15(11)14(17-3)12-5-6-13(16)10(2)9-12/h5-9,14,17H,4H2,1-3H3. The molecule has 1 heterocycles. The van der Waals surface area contributed by atoms with Gasteiger partial charge in [-0.25, -0.2) is 4.39 Å². The lowest BCUT2D eigenvalue weighted by molar-refractivity contribution is 0.614. The van der Waals surface area contributed by atoms with Crippen molar-refractivity contribution in [1.29, 1.82) is 0 Å². The van der Waals surface area contributed by atoms with E-state index in [1.807, 2.05) is 19.2 Å². The quantitative estimate of drug-likeness (QED) is 0.877. The Bertz CT molecular complexity index is 533. The van der Waals surface area contributed by atoms with Crippen LogP contribution in [0.3, 0.4) is 0 Å². The molecule has 0 fully saturated rings. The van der Waals surface area contributed by atoms with Crippen LogP contribution in [0.4, 0.5) is 4.39 Å². The molecule has 0 amide bonds. The largest absolute Gasteiger partial charge is 0.309 e. The average molecular weight is 263 g/mol. The third-order valence-electron chi connectivity index (χ3n) is 3.23. The van der Waals surface area contributed by atoms with Crippen LogP contribution >= 0.6 is 11.3 Å². The minimum absolute atomic E-state index is 0.143. The molecule has 0 saturated carbocycles. The van der Waals surface area contributed by atoms with Crippen molar-refractivity contribution < 1.29 is 4.39 Å². The molecule has 0 aliphatic heterocycles. The summed E-state index contributed by atoms with van der Waals surface area (Å²) in [5, 5.41) is 5.45. The van der Waals surface area contributed by atoms with Crippen molar-refractivity contribution in [3.8, 4) is 0 Å². The minimum atomic E-state index is -0.143. The molecule has 1 N–H and O–H groups in total. The summed E-state index contributed by atoms with van der Waals surface area (Å²) >= 11 is 1.76. The van der Waals surface area contributed by atoms with Crippen LogP contribution in [0.5, 0.6) is 0 Å². The van der Waals surface area contributed by atoms with E-state index >= 15 is 0 Å². The highest BCUT2D eigenvalue weighted by atomic mass is 32.1. The van der Waals surface area contributed by atoms with Gasteiger partial charge in [-0.2, -0.15) is 0 Å². The van der Waals surface area contributed by atoms with Crippen LogP contribution < -0.4 is 5.32 Å². The van der Waals surface area contributed by atoms with Crippen LogP contribution in [0.25, 0.3) is 0 Å². The Morgan fingerprint density at radius 2 is 2.11 bits per heavy atom. The lowest BCUT2D eigenvalue weighted by atomic mass is 10.00. The number of thiophene rings is 1. The van der Waals surface area contributed by atoms with Crippen LogP contribution in [0.2, 0.25) is 0 Å². The first-order valence-electron chi connectivity index (χ1n) is 6.17. The number of aryl methyl sites for hydroxylation is 2. The van der Waals surface area contributed by atoms with Crippen LogP contribution in [-0.4, -0.2) is 7.05 Å². The fraction of sp³-hybridized carbons (Fsp3) is 0.333. The first-order valence-corrected chi connectivity index (χ1v) is 7.05. The number of halogens is 1. The van der Waals surface area contributed by atoms with Gasteiger partial charge in [-0.1, -0.05) is 19.1 Å². The lowest BCUT2D eigenvalue weighted by Crippen LogP contribution is -2.18. The van der Waals surface area contributed by atoms with Gasteiger partial charge in [0.25, 0.3) is 0 Å². The number of hydrogen-bond donors (Lipinski definition) is 1. The Balaban J connectivity index is 2.42. The molecule has 1 nitrogen and oxygen atoms in total. The summed E-state index contributed by atoms with van der Waals surface area (Å²) in [6.45, 7) is 3.97. The summed E-state index contributed by atoms with van der Waals surface area (Å²) in [5.41, 5.74) is 3.18.